The molecule has 8 heteroatoms. The second-order valence-electron chi connectivity index (χ2n) is 6.55. The molecule has 0 aliphatic carbocycles. The number of imidazole rings is 1. The number of fused-ring (bicyclic) bond motifs is 1. The van der Waals surface area contributed by atoms with E-state index in [1.54, 1.807) is 51.9 Å². The molecule has 2 heterocycles. The van der Waals surface area contributed by atoms with Gasteiger partial charge in [0, 0.05) is 24.5 Å². The Bertz CT molecular complexity index is 1160. The van der Waals surface area contributed by atoms with Gasteiger partial charge in [0.05, 0.1) is 33.2 Å². The Hall–Kier alpha value is -3.94. The predicted octanol–water partition coefficient (Wildman–Crippen LogP) is 3.74. The van der Waals surface area contributed by atoms with Gasteiger partial charge in [-0.05, 0) is 29.8 Å². The Morgan fingerprint density at radius 1 is 1.00 bits per heavy atom. The van der Waals surface area contributed by atoms with E-state index in [0.29, 0.717) is 35.3 Å². The number of hydrogen-bond donors (Lipinski definition) is 2. The third-order valence-corrected chi connectivity index (χ3v) is 4.75. The van der Waals surface area contributed by atoms with Crippen molar-refractivity contribution in [2.75, 3.05) is 26.6 Å². The predicted molar refractivity (Wildman–Crippen MR) is 114 cm³/mol. The van der Waals surface area contributed by atoms with Gasteiger partial charge in [0.25, 0.3) is 0 Å². The zero-order valence-electron chi connectivity index (χ0n) is 16.9. The molecule has 2 N–H and O–H groups in total. The molecule has 0 amide bonds. The fourth-order valence-electron chi connectivity index (χ4n) is 3.35. The molecule has 0 spiro atoms. The highest BCUT2D eigenvalue weighted by Gasteiger charge is 2.14. The highest BCUT2D eigenvalue weighted by molar-refractivity contribution is 5.71. The van der Waals surface area contributed by atoms with Gasteiger partial charge in [-0.3, -0.25) is 4.40 Å². The number of hydrogen-bond acceptors (Lipinski definition) is 7. The lowest BCUT2D eigenvalue weighted by Gasteiger charge is -2.14. The number of nitrogens with one attached hydrogen (secondary N) is 1. The van der Waals surface area contributed by atoms with Crippen LogP contribution in [0.1, 0.15) is 5.56 Å². The van der Waals surface area contributed by atoms with Crippen LogP contribution in [0.5, 0.6) is 23.0 Å². The molecule has 2 aromatic heterocycles. The maximum atomic E-state index is 9.79. The van der Waals surface area contributed by atoms with E-state index in [9.17, 15) is 5.11 Å². The lowest BCUT2D eigenvalue weighted by Crippen LogP contribution is -2.05. The molecular formula is C22H22N4O4. The number of rotatable bonds is 7. The molecule has 0 bridgehead atoms. The minimum Gasteiger partial charge on any atom is -0.508 e. The maximum absolute atomic E-state index is 9.79. The van der Waals surface area contributed by atoms with Crippen LogP contribution >= 0.6 is 0 Å². The van der Waals surface area contributed by atoms with E-state index in [1.807, 2.05) is 28.8 Å². The minimum atomic E-state index is 0.206. The van der Waals surface area contributed by atoms with Gasteiger partial charge in [-0.1, -0.05) is 12.1 Å². The molecule has 154 valence electrons. The summed E-state index contributed by atoms with van der Waals surface area (Å²) in [6.45, 7) is 0.484. The average Bonchev–Trinajstić information content (AvgIpc) is 3.21. The lowest BCUT2D eigenvalue weighted by molar-refractivity contribution is 0.324. The molecule has 8 nitrogen and oxygen atoms in total. The van der Waals surface area contributed by atoms with Crippen LogP contribution < -0.4 is 19.5 Å². The average molecular weight is 406 g/mol. The van der Waals surface area contributed by atoms with Gasteiger partial charge in [0.15, 0.2) is 23.0 Å². The highest BCUT2D eigenvalue weighted by Crippen LogP contribution is 2.38. The Labute approximate surface area is 173 Å². The van der Waals surface area contributed by atoms with Crippen molar-refractivity contribution in [2.24, 2.45) is 0 Å². The van der Waals surface area contributed by atoms with E-state index >= 15 is 0 Å². The van der Waals surface area contributed by atoms with E-state index in [-0.39, 0.29) is 5.75 Å². The fourth-order valence-corrected chi connectivity index (χ4v) is 3.35. The summed E-state index contributed by atoms with van der Waals surface area (Å²) >= 11 is 0. The van der Waals surface area contributed by atoms with Crippen LogP contribution in [0, 0.1) is 0 Å². The van der Waals surface area contributed by atoms with Gasteiger partial charge >= 0.3 is 0 Å². The summed E-state index contributed by atoms with van der Waals surface area (Å²) in [5, 5.41) is 13.1. The van der Waals surface area contributed by atoms with Crippen molar-refractivity contribution >= 4 is 11.5 Å². The normalized spacial score (nSPS) is 10.8. The number of phenolic OH excluding ortho intramolecular Hbond substituents is 1. The van der Waals surface area contributed by atoms with Gasteiger partial charge < -0.3 is 24.6 Å². The number of ether oxygens (including phenoxy) is 3. The molecule has 0 atom stereocenters. The summed E-state index contributed by atoms with van der Waals surface area (Å²) in [5.74, 6) is 2.57. The first-order chi connectivity index (χ1) is 14.6. The molecule has 0 saturated heterocycles. The van der Waals surface area contributed by atoms with Crippen molar-refractivity contribution in [3.8, 4) is 34.3 Å². The second-order valence-corrected chi connectivity index (χ2v) is 6.55. The monoisotopic (exact) mass is 406 g/mol. The van der Waals surface area contributed by atoms with Crippen LogP contribution in [-0.4, -0.2) is 40.8 Å². The zero-order valence-corrected chi connectivity index (χ0v) is 16.9. The van der Waals surface area contributed by atoms with Crippen LogP contribution in [-0.2, 0) is 6.54 Å². The third-order valence-electron chi connectivity index (χ3n) is 4.75. The van der Waals surface area contributed by atoms with Crippen LogP contribution in [0.2, 0.25) is 0 Å². The molecule has 30 heavy (non-hydrogen) atoms. The quantitative estimate of drug-likeness (QED) is 0.483. The summed E-state index contributed by atoms with van der Waals surface area (Å²) in [6.07, 6.45) is 5.31. The van der Waals surface area contributed by atoms with Crippen molar-refractivity contribution in [2.45, 2.75) is 6.54 Å². The number of phenols is 1. The van der Waals surface area contributed by atoms with Gasteiger partial charge in [-0.15, -0.1) is 0 Å². The SMILES string of the molecule is COc1cc(CNc2nccn3c(-c4cccc(O)c4)cnc23)cc(OC)c1OC. The van der Waals surface area contributed by atoms with Crippen molar-refractivity contribution < 1.29 is 19.3 Å². The molecular weight excluding hydrogens is 384 g/mol. The van der Waals surface area contributed by atoms with Crippen LogP contribution in [0.4, 0.5) is 5.82 Å². The van der Waals surface area contributed by atoms with E-state index < -0.39 is 0 Å². The van der Waals surface area contributed by atoms with Gasteiger partial charge in [0.1, 0.15) is 5.75 Å². The Balaban J connectivity index is 1.64. The molecule has 4 aromatic rings. The van der Waals surface area contributed by atoms with Crippen LogP contribution in [0.3, 0.4) is 0 Å². The number of aromatic nitrogens is 3. The van der Waals surface area contributed by atoms with E-state index in [1.165, 1.54) is 0 Å². The summed E-state index contributed by atoms with van der Waals surface area (Å²) in [7, 11) is 4.75. The number of benzene rings is 2. The second kappa shape index (κ2) is 8.20. The largest absolute Gasteiger partial charge is 0.508 e. The molecule has 4 rings (SSSR count). The number of nitrogens with zero attached hydrogens (tertiary/aromatic N) is 3. The van der Waals surface area contributed by atoms with E-state index in [4.69, 9.17) is 14.2 Å². The summed E-state index contributed by atoms with van der Waals surface area (Å²) in [6, 6.07) is 10.8. The van der Waals surface area contributed by atoms with Gasteiger partial charge in [-0.2, -0.15) is 0 Å². The Morgan fingerprint density at radius 2 is 1.77 bits per heavy atom. The molecule has 0 fully saturated rings. The van der Waals surface area contributed by atoms with Crippen molar-refractivity contribution in [1.82, 2.24) is 14.4 Å². The summed E-state index contributed by atoms with van der Waals surface area (Å²) in [5.41, 5.74) is 3.35. The van der Waals surface area contributed by atoms with Gasteiger partial charge in [0.2, 0.25) is 5.75 Å². The standard InChI is InChI=1S/C22H22N4O4/c1-28-18-9-14(10-19(29-2)20(18)30-3)12-24-21-22-25-13-17(26(22)8-7-23-21)15-5-4-6-16(27)11-15/h4-11,13,27H,12H2,1-3H3,(H,23,24). The molecule has 0 unspecified atom stereocenters. The minimum absolute atomic E-state index is 0.206. The van der Waals surface area contributed by atoms with Crippen LogP contribution in [0.15, 0.2) is 55.0 Å². The van der Waals surface area contributed by atoms with Crippen molar-refractivity contribution in [1.29, 1.82) is 0 Å². The molecule has 0 saturated carbocycles. The molecule has 0 radical (unpaired) electrons. The smallest absolute Gasteiger partial charge is 0.203 e. The molecule has 0 aliphatic rings. The maximum Gasteiger partial charge on any atom is 0.203 e. The number of methoxy groups -OCH3 is 3. The third kappa shape index (κ3) is 3.55. The Morgan fingerprint density at radius 3 is 2.43 bits per heavy atom. The van der Waals surface area contributed by atoms with Crippen molar-refractivity contribution in [3.05, 3.63) is 60.6 Å². The number of anilines is 1. The van der Waals surface area contributed by atoms with Crippen LogP contribution in [0.25, 0.3) is 16.9 Å². The first kappa shape index (κ1) is 19.4. The summed E-state index contributed by atoms with van der Waals surface area (Å²) in [4.78, 5) is 8.95. The van der Waals surface area contributed by atoms with E-state index in [2.05, 4.69) is 15.3 Å². The topological polar surface area (TPSA) is 90.1 Å². The highest BCUT2D eigenvalue weighted by atomic mass is 16.5. The zero-order chi connectivity index (χ0) is 21.1. The summed E-state index contributed by atoms with van der Waals surface area (Å²) < 4.78 is 18.1. The first-order valence-electron chi connectivity index (χ1n) is 9.28. The van der Waals surface area contributed by atoms with Gasteiger partial charge in [-0.25, -0.2) is 9.97 Å². The van der Waals surface area contributed by atoms with E-state index in [0.717, 1.165) is 16.8 Å². The molecule has 0 aliphatic heterocycles. The number of aromatic hydroxyl groups is 1. The first-order valence-corrected chi connectivity index (χ1v) is 9.28. The van der Waals surface area contributed by atoms with Crippen molar-refractivity contribution in [3.63, 3.8) is 0 Å². The fraction of sp³-hybridized carbons (Fsp3) is 0.182. The molecule has 2 aromatic carbocycles. The lowest BCUT2D eigenvalue weighted by atomic mass is 10.1. The Kier molecular flexibility index (Phi) is 5.30.